The highest BCUT2D eigenvalue weighted by Crippen LogP contribution is 2.60. The van der Waals surface area contributed by atoms with Gasteiger partial charge in [0, 0.05) is 5.41 Å². The molecule has 17 heavy (non-hydrogen) atoms. The highest BCUT2D eigenvalue weighted by Gasteiger charge is 2.55. The van der Waals surface area contributed by atoms with Crippen LogP contribution in [0.25, 0.3) is 0 Å². The first-order valence-electron chi connectivity index (χ1n) is 6.62. The molecule has 1 aromatic rings. The van der Waals surface area contributed by atoms with E-state index in [1.54, 1.807) is 18.2 Å². The van der Waals surface area contributed by atoms with E-state index in [1.807, 2.05) is 0 Å². The van der Waals surface area contributed by atoms with Crippen LogP contribution in [0, 0.1) is 5.92 Å². The summed E-state index contributed by atoms with van der Waals surface area (Å²) in [6.07, 6.45) is 5.31. The number of ether oxygens (including phenoxy) is 1. The molecule has 2 nitrogen and oxygen atoms in total. The van der Waals surface area contributed by atoms with Gasteiger partial charge in [0.05, 0.1) is 7.11 Å². The van der Waals surface area contributed by atoms with Crippen LogP contribution in [0.1, 0.15) is 30.4 Å². The Morgan fingerprint density at radius 2 is 2.35 bits per heavy atom. The van der Waals surface area contributed by atoms with E-state index in [0.717, 1.165) is 18.2 Å². The molecule has 0 saturated heterocycles. The van der Waals surface area contributed by atoms with Gasteiger partial charge in [-0.3, -0.25) is 0 Å². The molecule has 0 amide bonds. The third-order valence-corrected chi connectivity index (χ3v) is 4.60. The molecule has 1 saturated carbocycles. The van der Waals surface area contributed by atoms with Crippen molar-refractivity contribution in [3.8, 4) is 5.75 Å². The predicted molar refractivity (Wildman–Crippen MR) is 69.6 cm³/mol. The molecule has 2 aliphatic rings. The molecule has 1 aromatic carbocycles. The summed E-state index contributed by atoms with van der Waals surface area (Å²) in [6.45, 7) is 1.15. The van der Waals surface area contributed by atoms with Crippen molar-refractivity contribution in [3.63, 3.8) is 0 Å². The topological polar surface area (TPSA) is 21.3 Å². The highest BCUT2D eigenvalue weighted by atomic mass is 16.5. The molecule has 2 aliphatic carbocycles. The second-order valence-corrected chi connectivity index (χ2v) is 5.49. The third kappa shape index (κ3) is 1.66. The quantitative estimate of drug-likeness (QED) is 0.863. The summed E-state index contributed by atoms with van der Waals surface area (Å²) >= 11 is 0. The van der Waals surface area contributed by atoms with E-state index in [0.29, 0.717) is 5.41 Å². The summed E-state index contributed by atoms with van der Waals surface area (Å²) in [5.41, 5.74) is 3.60. The summed E-state index contributed by atoms with van der Waals surface area (Å²) < 4.78 is 5.38. The number of fused-ring (bicyclic) bond motifs is 2. The second-order valence-electron chi connectivity index (χ2n) is 5.49. The Morgan fingerprint density at radius 3 is 3.12 bits per heavy atom. The van der Waals surface area contributed by atoms with Crippen molar-refractivity contribution < 1.29 is 4.74 Å². The van der Waals surface area contributed by atoms with Crippen molar-refractivity contribution in [3.05, 3.63) is 29.3 Å². The third-order valence-electron chi connectivity index (χ3n) is 4.60. The Balaban J connectivity index is 1.96. The molecule has 0 heterocycles. The SMILES string of the molecule is CNCC1CC12CCCc1ccc(OC)cc12. The lowest BCUT2D eigenvalue weighted by Crippen LogP contribution is -2.22. The van der Waals surface area contributed by atoms with Crippen LogP contribution in [0.5, 0.6) is 5.75 Å². The monoisotopic (exact) mass is 231 g/mol. The fourth-order valence-corrected chi connectivity index (χ4v) is 3.62. The van der Waals surface area contributed by atoms with Crippen molar-refractivity contribution in [1.82, 2.24) is 5.32 Å². The van der Waals surface area contributed by atoms with E-state index < -0.39 is 0 Å². The number of rotatable bonds is 3. The largest absolute Gasteiger partial charge is 0.497 e. The van der Waals surface area contributed by atoms with Crippen molar-refractivity contribution >= 4 is 0 Å². The molecule has 0 aliphatic heterocycles. The average Bonchev–Trinajstić information content (AvgIpc) is 3.04. The number of hydrogen-bond acceptors (Lipinski definition) is 2. The number of methoxy groups -OCH3 is 1. The van der Waals surface area contributed by atoms with E-state index >= 15 is 0 Å². The van der Waals surface area contributed by atoms with E-state index in [-0.39, 0.29) is 0 Å². The lowest BCUT2D eigenvalue weighted by molar-refractivity contribution is 0.410. The van der Waals surface area contributed by atoms with Crippen molar-refractivity contribution in [2.75, 3.05) is 20.7 Å². The van der Waals surface area contributed by atoms with E-state index in [1.165, 1.54) is 25.7 Å². The van der Waals surface area contributed by atoms with E-state index in [9.17, 15) is 0 Å². The first-order valence-corrected chi connectivity index (χ1v) is 6.62. The lowest BCUT2D eigenvalue weighted by atomic mass is 9.78. The van der Waals surface area contributed by atoms with Crippen molar-refractivity contribution in [2.45, 2.75) is 31.1 Å². The van der Waals surface area contributed by atoms with E-state index in [4.69, 9.17) is 4.74 Å². The van der Waals surface area contributed by atoms with Crippen LogP contribution in [-0.2, 0) is 11.8 Å². The van der Waals surface area contributed by atoms with Crippen LogP contribution in [0.15, 0.2) is 18.2 Å². The van der Waals surface area contributed by atoms with Gasteiger partial charge in [-0.05, 0) is 68.5 Å². The van der Waals surface area contributed by atoms with Gasteiger partial charge in [0.1, 0.15) is 5.75 Å². The van der Waals surface area contributed by atoms with Gasteiger partial charge in [-0.1, -0.05) is 6.07 Å². The Bertz CT molecular complexity index is 429. The van der Waals surface area contributed by atoms with Crippen LogP contribution >= 0.6 is 0 Å². The Labute approximate surface area is 103 Å². The molecular weight excluding hydrogens is 210 g/mol. The summed E-state index contributed by atoms with van der Waals surface area (Å²) in [5, 5.41) is 3.33. The molecule has 1 N–H and O–H groups in total. The zero-order valence-electron chi connectivity index (χ0n) is 10.8. The predicted octanol–water partition coefficient (Wildman–Crippen LogP) is 2.51. The molecule has 0 bridgehead atoms. The fourth-order valence-electron chi connectivity index (χ4n) is 3.62. The first-order chi connectivity index (χ1) is 8.30. The normalized spacial score (nSPS) is 30.1. The maximum absolute atomic E-state index is 5.38. The standard InChI is InChI=1S/C15H21NO/c1-16-10-12-9-15(12)7-3-4-11-5-6-13(17-2)8-14(11)15/h5-6,8,12,16H,3-4,7,9-10H2,1-2H3. The molecule has 2 unspecified atom stereocenters. The van der Waals surface area contributed by atoms with Gasteiger partial charge in [-0.15, -0.1) is 0 Å². The molecule has 92 valence electrons. The zero-order chi connectivity index (χ0) is 11.9. The average molecular weight is 231 g/mol. The molecule has 3 rings (SSSR count). The molecule has 1 fully saturated rings. The summed E-state index contributed by atoms with van der Waals surface area (Å²) in [7, 11) is 3.82. The van der Waals surface area contributed by atoms with Gasteiger partial charge in [-0.2, -0.15) is 0 Å². The van der Waals surface area contributed by atoms with Crippen LogP contribution in [0.2, 0.25) is 0 Å². The smallest absolute Gasteiger partial charge is 0.119 e. The minimum Gasteiger partial charge on any atom is -0.497 e. The first kappa shape index (κ1) is 11.1. The lowest BCUT2D eigenvalue weighted by Gasteiger charge is -2.27. The van der Waals surface area contributed by atoms with Crippen LogP contribution in [0.3, 0.4) is 0 Å². The maximum Gasteiger partial charge on any atom is 0.119 e. The molecule has 2 heteroatoms. The van der Waals surface area contributed by atoms with Crippen LogP contribution < -0.4 is 10.1 Å². The van der Waals surface area contributed by atoms with Gasteiger partial charge in [0.25, 0.3) is 0 Å². The van der Waals surface area contributed by atoms with Gasteiger partial charge in [-0.25, -0.2) is 0 Å². The minimum atomic E-state index is 0.477. The number of aryl methyl sites for hydroxylation is 1. The highest BCUT2D eigenvalue weighted by molar-refractivity contribution is 5.46. The number of benzene rings is 1. The van der Waals surface area contributed by atoms with Crippen LogP contribution in [-0.4, -0.2) is 20.7 Å². The van der Waals surface area contributed by atoms with Crippen molar-refractivity contribution in [2.24, 2.45) is 5.92 Å². The maximum atomic E-state index is 5.38. The fraction of sp³-hybridized carbons (Fsp3) is 0.600. The second kappa shape index (κ2) is 4.02. The molecule has 0 aromatic heterocycles. The molecule has 0 radical (unpaired) electrons. The zero-order valence-corrected chi connectivity index (χ0v) is 10.8. The Hall–Kier alpha value is -1.02. The summed E-state index contributed by atoms with van der Waals surface area (Å²) in [5.74, 6) is 1.85. The van der Waals surface area contributed by atoms with Gasteiger partial charge >= 0.3 is 0 Å². The van der Waals surface area contributed by atoms with Crippen molar-refractivity contribution in [1.29, 1.82) is 0 Å². The Kier molecular flexibility index (Phi) is 2.62. The molecular formula is C15H21NO. The number of nitrogens with one attached hydrogen (secondary N) is 1. The number of hydrogen-bond donors (Lipinski definition) is 1. The van der Waals surface area contributed by atoms with E-state index in [2.05, 4.69) is 30.6 Å². The van der Waals surface area contributed by atoms with Crippen LogP contribution in [0.4, 0.5) is 0 Å². The van der Waals surface area contributed by atoms with Gasteiger partial charge in [0.2, 0.25) is 0 Å². The Morgan fingerprint density at radius 1 is 1.47 bits per heavy atom. The summed E-state index contributed by atoms with van der Waals surface area (Å²) in [4.78, 5) is 0. The van der Waals surface area contributed by atoms with Gasteiger partial charge in [0.15, 0.2) is 0 Å². The minimum absolute atomic E-state index is 0.477. The summed E-state index contributed by atoms with van der Waals surface area (Å²) in [6, 6.07) is 6.65. The van der Waals surface area contributed by atoms with Gasteiger partial charge < -0.3 is 10.1 Å². The molecule has 1 spiro atoms. The molecule has 2 atom stereocenters.